The second-order valence-electron chi connectivity index (χ2n) is 11.9. The average molecular weight is 743 g/mol. The first-order valence-corrected chi connectivity index (χ1v) is 17.3. The number of carbonyl (C=O) groups is 2. The van der Waals surface area contributed by atoms with Gasteiger partial charge >= 0.3 is 0 Å². The highest BCUT2D eigenvalue weighted by Gasteiger charge is 2.28. The van der Waals surface area contributed by atoms with Gasteiger partial charge in [0.2, 0.25) is 5.69 Å². The van der Waals surface area contributed by atoms with Crippen LogP contribution in [-0.4, -0.2) is 30.4 Å². The molecule has 6 nitrogen and oxygen atoms in total. The summed E-state index contributed by atoms with van der Waals surface area (Å²) in [7, 11) is 1.57. The molecule has 0 aliphatic heterocycles. The largest absolute Gasteiger partial charge is 1.00 e. The fraction of sp³-hybridized carbons (Fsp3) is 0.513. The zero-order chi connectivity index (χ0) is 32.1. The summed E-state index contributed by atoms with van der Waals surface area (Å²) in [4.78, 5) is 28.7. The molecule has 0 N–H and O–H groups in total. The molecule has 46 heavy (non-hydrogen) atoms. The van der Waals surface area contributed by atoms with E-state index in [0.29, 0.717) is 29.2 Å². The van der Waals surface area contributed by atoms with Crippen LogP contribution in [-0.2, 0) is 13.1 Å². The van der Waals surface area contributed by atoms with Crippen molar-refractivity contribution in [2.24, 2.45) is 0 Å². The van der Waals surface area contributed by atoms with E-state index in [-0.39, 0.29) is 42.3 Å². The standard InChI is InChI=1S/C39H55N2O4.HI/c1-4-6-7-8-9-10-11-12-13-14-15-16-17-23-30-45-36-28-27-34(31-37(36)44-3)39(43)41(38(42)33-24-19-18-20-25-33)32-35-26-21-22-29-40(35)5-2;/h18-22,24-29,31H,4-17,23,30,32H2,1-3H3;1H/q+1;/p-1. The van der Waals surface area contributed by atoms with Gasteiger partial charge in [-0.15, -0.1) is 0 Å². The molecule has 3 rings (SSSR count). The number of hydrogen-bond acceptors (Lipinski definition) is 4. The van der Waals surface area contributed by atoms with Crippen molar-refractivity contribution in [2.75, 3.05) is 13.7 Å². The van der Waals surface area contributed by atoms with Crippen molar-refractivity contribution >= 4 is 11.8 Å². The van der Waals surface area contributed by atoms with E-state index in [1.165, 1.54) is 81.9 Å². The van der Waals surface area contributed by atoms with Crippen LogP contribution in [0.5, 0.6) is 11.5 Å². The highest BCUT2D eigenvalue weighted by atomic mass is 127. The Bertz CT molecular complexity index is 1280. The molecule has 0 bridgehead atoms. The number of ether oxygens (including phenoxy) is 2. The van der Waals surface area contributed by atoms with Gasteiger partial charge in [-0.05, 0) is 43.7 Å². The number of imide groups is 1. The number of aryl methyl sites for hydroxylation is 1. The topological polar surface area (TPSA) is 59.7 Å². The number of benzene rings is 2. The third-order valence-electron chi connectivity index (χ3n) is 8.37. The fourth-order valence-electron chi connectivity index (χ4n) is 5.65. The number of hydrogen-bond donors (Lipinski definition) is 0. The summed E-state index contributed by atoms with van der Waals surface area (Å²) in [6, 6.07) is 19.9. The predicted molar refractivity (Wildman–Crippen MR) is 182 cm³/mol. The Balaban J connectivity index is 0.00000736. The number of methoxy groups -OCH3 is 1. The second kappa shape index (κ2) is 23.4. The van der Waals surface area contributed by atoms with E-state index in [9.17, 15) is 9.59 Å². The normalized spacial score (nSPS) is 10.7. The van der Waals surface area contributed by atoms with Gasteiger partial charge in [-0.25, -0.2) is 4.57 Å². The Morgan fingerprint density at radius 2 is 1.22 bits per heavy atom. The molecule has 252 valence electrons. The molecule has 2 amide bonds. The lowest BCUT2D eigenvalue weighted by atomic mass is 10.0. The summed E-state index contributed by atoms with van der Waals surface area (Å²) in [5.41, 5.74) is 1.71. The van der Waals surface area contributed by atoms with Crippen LogP contribution in [0.25, 0.3) is 0 Å². The summed E-state index contributed by atoms with van der Waals surface area (Å²) in [5.74, 6) is 0.370. The molecule has 0 fully saturated rings. The Kier molecular flexibility index (Phi) is 20.0. The Morgan fingerprint density at radius 1 is 0.652 bits per heavy atom. The van der Waals surface area contributed by atoms with Crippen molar-refractivity contribution < 1.29 is 47.6 Å². The number of amides is 2. The van der Waals surface area contributed by atoms with Gasteiger partial charge in [0.1, 0.15) is 13.1 Å². The van der Waals surface area contributed by atoms with Gasteiger partial charge in [0.05, 0.1) is 13.7 Å². The molecule has 3 aromatic rings. The third kappa shape index (κ3) is 13.4. The number of aromatic nitrogens is 1. The molecule has 0 radical (unpaired) electrons. The van der Waals surface area contributed by atoms with Crippen molar-refractivity contribution in [3.8, 4) is 11.5 Å². The van der Waals surface area contributed by atoms with Gasteiger partial charge in [0, 0.05) is 23.3 Å². The number of nitrogens with zero attached hydrogens (tertiary/aromatic N) is 2. The molecule has 0 spiro atoms. The van der Waals surface area contributed by atoms with E-state index in [1.807, 2.05) is 42.0 Å². The molecule has 7 heteroatoms. The first-order chi connectivity index (χ1) is 22.1. The summed E-state index contributed by atoms with van der Waals surface area (Å²) in [6.45, 7) is 5.80. The first-order valence-electron chi connectivity index (χ1n) is 17.3. The number of rotatable bonds is 22. The highest BCUT2D eigenvalue weighted by molar-refractivity contribution is 6.10. The zero-order valence-electron chi connectivity index (χ0n) is 28.4. The summed E-state index contributed by atoms with van der Waals surface area (Å²) >= 11 is 0. The molecule has 2 aromatic carbocycles. The van der Waals surface area contributed by atoms with Gasteiger partial charge in [0.25, 0.3) is 11.8 Å². The number of carbonyl (C=O) groups excluding carboxylic acids is 2. The molecule has 1 aromatic heterocycles. The third-order valence-corrected chi connectivity index (χ3v) is 8.37. The van der Waals surface area contributed by atoms with Crippen molar-refractivity contribution in [2.45, 2.75) is 117 Å². The Hall–Kier alpha value is -2.94. The predicted octanol–water partition coefficient (Wildman–Crippen LogP) is 6.35. The SMILES string of the molecule is CCCCCCCCCCCCCCCCOc1ccc(C(=O)N(Cc2cccc[n+]2CC)C(=O)c2ccccc2)cc1OC.[I-]. The second-order valence-corrected chi connectivity index (χ2v) is 11.9. The van der Waals surface area contributed by atoms with E-state index in [4.69, 9.17) is 9.47 Å². The van der Waals surface area contributed by atoms with Crippen molar-refractivity contribution in [1.29, 1.82) is 0 Å². The molecule has 0 atom stereocenters. The van der Waals surface area contributed by atoms with Gasteiger partial charge in [-0.1, -0.05) is 115 Å². The lowest BCUT2D eigenvalue weighted by Gasteiger charge is -2.21. The van der Waals surface area contributed by atoms with Crippen LogP contribution in [0, 0.1) is 0 Å². The summed E-state index contributed by atoms with van der Waals surface area (Å²) in [6.07, 6.45) is 20.4. The lowest BCUT2D eigenvalue weighted by Crippen LogP contribution is -3.00. The number of halogens is 1. The monoisotopic (exact) mass is 742 g/mol. The Labute approximate surface area is 294 Å². The van der Waals surface area contributed by atoms with E-state index in [0.717, 1.165) is 25.1 Å². The van der Waals surface area contributed by atoms with Crippen LogP contribution in [0.15, 0.2) is 72.9 Å². The molecular weight excluding hydrogens is 687 g/mol. The van der Waals surface area contributed by atoms with Crippen LogP contribution in [0.1, 0.15) is 130 Å². The van der Waals surface area contributed by atoms with E-state index in [2.05, 4.69) is 6.92 Å². The van der Waals surface area contributed by atoms with E-state index < -0.39 is 0 Å². The van der Waals surface area contributed by atoms with Crippen LogP contribution < -0.4 is 38.0 Å². The molecular formula is C39H55IN2O4. The minimum Gasteiger partial charge on any atom is -1.00 e. The molecule has 0 saturated carbocycles. The zero-order valence-corrected chi connectivity index (χ0v) is 30.5. The van der Waals surface area contributed by atoms with Gasteiger partial charge in [-0.3, -0.25) is 14.5 Å². The van der Waals surface area contributed by atoms with E-state index >= 15 is 0 Å². The molecule has 0 aliphatic carbocycles. The van der Waals surface area contributed by atoms with Gasteiger partial charge < -0.3 is 33.5 Å². The van der Waals surface area contributed by atoms with Crippen LogP contribution in [0.2, 0.25) is 0 Å². The number of unbranched alkanes of at least 4 members (excludes halogenated alkanes) is 13. The van der Waals surface area contributed by atoms with Crippen molar-refractivity contribution in [1.82, 2.24) is 4.90 Å². The molecule has 0 unspecified atom stereocenters. The maximum Gasteiger partial charge on any atom is 0.261 e. The van der Waals surface area contributed by atoms with Crippen LogP contribution >= 0.6 is 0 Å². The summed E-state index contributed by atoms with van der Waals surface area (Å²) in [5, 5.41) is 0. The summed E-state index contributed by atoms with van der Waals surface area (Å²) < 4.78 is 13.7. The van der Waals surface area contributed by atoms with Crippen LogP contribution in [0.3, 0.4) is 0 Å². The average Bonchev–Trinajstić information content (AvgIpc) is 3.08. The minimum absolute atomic E-state index is 0. The first kappa shape index (κ1) is 39.2. The van der Waals surface area contributed by atoms with Crippen LogP contribution in [0.4, 0.5) is 0 Å². The molecule has 0 aliphatic rings. The quantitative estimate of drug-likeness (QED) is 0.0522. The van der Waals surface area contributed by atoms with E-state index in [1.54, 1.807) is 49.6 Å². The smallest absolute Gasteiger partial charge is 0.261 e. The van der Waals surface area contributed by atoms with Crippen molar-refractivity contribution in [3.63, 3.8) is 0 Å². The minimum atomic E-state index is -0.382. The molecule has 0 saturated heterocycles. The molecule has 1 heterocycles. The maximum absolute atomic E-state index is 13.9. The van der Waals surface area contributed by atoms with Crippen molar-refractivity contribution in [3.05, 3.63) is 89.7 Å². The maximum atomic E-state index is 13.9. The Morgan fingerprint density at radius 3 is 1.80 bits per heavy atom. The van der Waals surface area contributed by atoms with Gasteiger partial charge in [-0.2, -0.15) is 0 Å². The lowest BCUT2D eigenvalue weighted by molar-refractivity contribution is -0.701. The number of pyridine rings is 1. The van der Waals surface area contributed by atoms with Gasteiger partial charge in [0.15, 0.2) is 17.7 Å². The highest BCUT2D eigenvalue weighted by Crippen LogP contribution is 2.29. The fourth-order valence-corrected chi connectivity index (χ4v) is 5.65.